The van der Waals surface area contributed by atoms with Crippen LogP contribution in [0.5, 0.6) is 0 Å². The fraction of sp³-hybridized carbons (Fsp3) is 0.889. The zero-order valence-corrected chi connectivity index (χ0v) is 10.1. The molecule has 90 valence electrons. The number of rotatable bonds is 3. The number of hydrogen-bond acceptors (Lipinski definition) is 4. The highest BCUT2D eigenvalue weighted by atomic mass is 32.2. The molecule has 15 heavy (non-hydrogen) atoms. The van der Waals surface area contributed by atoms with Gasteiger partial charge in [0.05, 0.1) is 12.9 Å². The predicted molar refractivity (Wildman–Crippen MR) is 58.0 cm³/mol. The summed E-state index contributed by atoms with van der Waals surface area (Å²) >= 11 is 0. The van der Waals surface area contributed by atoms with Gasteiger partial charge >= 0.3 is 0 Å². The zero-order chi connectivity index (χ0) is 11.7. The van der Waals surface area contributed by atoms with E-state index < -0.39 is 10.0 Å². The van der Waals surface area contributed by atoms with Crippen molar-refractivity contribution in [2.45, 2.75) is 26.2 Å². The van der Waals surface area contributed by atoms with Crippen molar-refractivity contribution in [3.8, 4) is 0 Å². The lowest BCUT2D eigenvalue weighted by molar-refractivity contribution is -0.128. The second kappa shape index (κ2) is 7.64. The minimum atomic E-state index is -2.89. The smallest absolute Gasteiger partial charge is 0.293 e. The third kappa shape index (κ3) is 7.33. The van der Waals surface area contributed by atoms with Crippen LogP contribution in [0.4, 0.5) is 0 Å². The van der Waals surface area contributed by atoms with Crippen LogP contribution in [0, 0.1) is 0 Å². The molecule has 0 saturated carbocycles. The predicted octanol–water partition coefficient (Wildman–Crippen LogP) is 0.611. The summed E-state index contributed by atoms with van der Waals surface area (Å²) < 4.78 is 27.5. The average Bonchev–Trinajstić information content (AvgIpc) is 2.20. The summed E-state index contributed by atoms with van der Waals surface area (Å²) in [6.45, 7) is 4.11. The van der Waals surface area contributed by atoms with Crippen LogP contribution >= 0.6 is 0 Å². The summed E-state index contributed by atoms with van der Waals surface area (Å²) in [7, 11) is -2.89. The molecule has 1 fully saturated rings. The van der Waals surface area contributed by atoms with Crippen LogP contribution in [0.2, 0.25) is 0 Å². The van der Waals surface area contributed by atoms with E-state index in [9.17, 15) is 13.2 Å². The molecule has 0 radical (unpaired) electrons. The molecule has 0 amide bonds. The van der Waals surface area contributed by atoms with Crippen LogP contribution in [-0.2, 0) is 19.6 Å². The van der Waals surface area contributed by atoms with Crippen molar-refractivity contribution in [3.63, 3.8) is 0 Å². The summed E-state index contributed by atoms with van der Waals surface area (Å²) in [6, 6.07) is 0. The van der Waals surface area contributed by atoms with E-state index in [2.05, 4.69) is 4.74 Å². The highest BCUT2D eigenvalue weighted by Crippen LogP contribution is 2.11. The van der Waals surface area contributed by atoms with Gasteiger partial charge in [0.2, 0.25) is 10.0 Å². The zero-order valence-electron chi connectivity index (χ0n) is 9.31. The van der Waals surface area contributed by atoms with Gasteiger partial charge in [-0.3, -0.25) is 4.79 Å². The van der Waals surface area contributed by atoms with Crippen LogP contribution in [0.1, 0.15) is 26.2 Å². The molecule has 6 heteroatoms. The van der Waals surface area contributed by atoms with Gasteiger partial charge in [0, 0.05) is 13.1 Å². The Morgan fingerprint density at radius 3 is 2.00 bits per heavy atom. The first kappa shape index (κ1) is 14.4. The molecule has 1 saturated heterocycles. The van der Waals surface area contributed by atoms with Gasteiger partial charge in [0.15, 0.2) is 0 Å². The quantitative estimate of drug-likeness (QED) is 0.675. The monoisotopic (exact) mass is 237 g/mol. The number of carbonyl (C=O) groups excluding carboxylic acids is 1. The highest BCUT2D eigenvalue weighted by Gasteiger charge is 2.18. The molecule has 0 atom stereocenters. The topological polar surface area (TPSA) is 63.7 Å². The molecule has 1 aliphatic heterocycles. The van der Waals surface area contributed by atoms with Crippen molar-refractivity contribution >= 4 is 16.5 Å². The first-order valence-corrected chi connectivity index (χ1v) is 6.87. The van der Waals surface area contributed by atoms with E-state index >= 15 is 0 Å². The number of hydrogen-bond donors (Lipinski definition) is 0. The molecule has 0 bridgehead atoms. The third-order valence-corrected chi connectivity index (χ3v) is 3.32. The van der Waals surface area contributed by atoms with Gasteiger partial charge in [-0.1, -0.05) is 6.42 Å². The second-order valence-electron chi connectivity index (χ2n) is 3.27. The van der Waals surface area contributed by atoms with Gasteiger partial charge in [0.25, 0.3) is 6.47 Å². The molecule has 0 N–H and O–H groups in total. The van der Waals surface area contributed by atoms with Crippen LogP contribution in [-0.4, -0.2) is 45.1 Å². The summed E-state index contributed by atoms with van der Waals surface area (Å²) in [5.74, 6) is 0. The maximum atomic E-state index is 10.9. The van der Waals surface area contributed by atoms with Crippen LogP contribution in [0.15, 0.2) is 0 Å². The van der Waals surface area contributed by atoms with Gasteiger partial charge in [-0.2, -0.15) is 0 Å². The molecule has 0 aromatic heterocycles. The number of sulfonamides is 1. The fourth-order valence-electron chi connectivity index (χ4n) is 1.26. The number of nitrogens with zero attached hydrogens (tertiary/aromatic N) is 1. The van der Waals surface area contributed by atoms with Crippen LogP contribution in [0.3, 0.4) is 0 Å². The number of carbonyl (C=O) groups is 1. The fourth-order valence-corrected chi connectivity index (χ4v) is 2.19. The average molecular weight is 237 g/mol. The third-order valence-electron chi connectivity index (χ3n) is 2.02. The first-order valence-electron chi connectivity index (χ1n) is 5.02. The maximum Gasteiger partial charge on any atom is 0.293 e. The molecule has 0 aromatic carbocycles. The lowest BCUT2D eigenvalue weighted by atomic mass is 10.2. The number of piperidine rings is 1. The van der Waals surface area contributed by atoms with E-state index in [1.165, 1.54) is 12.7 Å². The number of ether oxygens (including phenoxy) is 1. The molecule has 0 aromatic rings. The Bertz CT molecular complexity index is 257. The Balaban J connectivity index is 0.000000336. The largest absolute Gasteiger partial charge is 0.468 e. The molecule has 5 nitrogen and oxygen atoms in total. The minimum Gasteiger partial charge on any atom is -0.468 e. The molecular formula is C9H19NO4S. The summed E-state index contributed by atoms with van der Waals surface area (Å²) in [6.07, 6.45) is 4.49. The van der Waals surface area contributed by atoms with Crippen molar-refractivity contribution in [3.05, 3.63) is 0 Å². The molecule has 1 aliphatic rings. The first-order chi connectivity index (χ1) is 7.02. The Morgan fingerprint density at radius 2 is 1.80 bits per heavy atom. The summed E-state index contributed by atoms with van der Waals surface area (Å²) in [5.41, 5.74) is 0. The van der Waals surface area contributed by atoms with E-state index in [1.807, 2.05) is 0 Å². The lowest BCUT2D eigenvalue weighted by Crippen LogP contribution is -2.34. The van der Waals surface area contributed by atoms with Crippen LogP contribution in [0.25, 0.3) is 0 Å². The Kier molecular flexibility index (Phi) is 7.33. The second-order valence-corrected chi connectivity index (χ2v) is 5.26. The van der Waals surface area contributed by atoms with E-state index in [0.717, 1.165) is 25.9 Å². The summed E-state index contributed by atoms with van der Waals surface area (Å²) in [4.78, 5) is 9.18. The molecule has 0 unspecified atom stereocenters. The van der Waals surface area contributed by atoms with Crippen molar-refractivity contribution in [1.29, 1.82) is 0 Å². The van der Waals surface area contributed by atoms with Crippen molar-refractivity contribution < 1.29 is 17.9 Å². The van der Waals surface area contributed by atoms with Crippen molar-refractivity contribution in [1.82, 2.24) is 4.31 Å². The van der Waals surface area contributed by atoms with Gasteiger partial charge in [-0.05, 0) is 19.8 Å². The van der Waals surface area contributed by atoms with E-state index in [4.69, 9.17) is 0 Å². The van der Waals surface area contributed by atoms with Gasteiger partial charge < -0.3 is 4.74 Å². The maximum absolute atomic E-state index is 10.9. The SMILES string of the molecule is CCOC=O.CS(=O)(=O)N1CCCCC1. The standard InChI is InChI=1S/C6H13NO2S.C3H6O2/c1-10(8,9)7-5-3-2-4-6-7;1-2-5-3-4/h2-6H2,1H3;3H,2H2,1H3. The normalized spacial score (nSPS) is 17.5. The summed E-state index contributed by atoms with van der Waals surface area (Å²) in [5, 5.41) is 0. The van der Waals surface area contributed by atoms with Gasteiger partial charge in [-0.15, -0.1) is 0 Å². The molecular weight excluding hydrogens is 218 g/mol. The van der Waals surface area contributed by atoms with Crippen molar-refractivity contribution in [2.75, 3.05) is 26.0 Å². The minimum absolute atomic E-state index is 0.431. The molecule has 0 spiro atoms. The van der Waals surface area contributed by atoms with E-state index in [0.29, 0.717) is 13.1 Å². The lowest BCUT2D eigenvalue weighted by Gasteiger charge is -2.23. The Labute approximate surface area is 91.5 Å². The van der Waals surface area contributed by atoms with E-state index in [1.54, 1.807) is 11.2 Å². The molecule has 0 aliphatic carbocycles. The van der Waals surface area contributed by atoms with Gasteiger partial charge in [-0.25, -0.2) is 12.7 Å². The molecule has 1 heterocycles. The van der Waals surface area contributed by atoms with Crippen molar-refractivity contribution in [2.24, 2.45) is 0 Å². The van der Waals surface area contributed by atoms with E-state index in [-0.39, 0.29) is 0 Å². The Hall–Kier alpha value is -0.620. The van der Waals surface area contributed by atoms with Gasteiger partial charge in [0.1, 0.15) is 0 Å². The Morgan fingerprint density at radius 1 is 1.27 bits per heavy atom. The van der Waals surface area contributed by atoms with Crippen LogP contribution < -0.4 is 0 Å². The molecule has 1 rings (SSSR count). The highest BCUT2D eigenvalue weighted by molar-refractivity contribution is 7.88.